The average molecular weight is 182 g/mol. The molecule has 0 bridgehead atoms. The Bertz CT molecular complexity index is 261. The second-order valence-corrected chi connectivity index (χ2v) is 4.47. The lowest BCUT2D eigenvalue weighted by atomic mass is 10.1. The van der Waals surface area contributed by atoms with Crippen molar-refractivity contribution in [3.8, 4) is 0 Å². The molecule has 0 saturated heterocycles. The van der Waals surface area contributed by atoms with Gasteiger partial charge in [0, 0.05) is 17.8 Å². The van der Waals surface area contributed by atoms with E-state index in [1.807, 2.05) is 32.6 Å². The molecule has 0 aromatic carbocycles. The maximum atomic E-state index is 11.6. The molecule has 0 radical (unpaired) electrons. The minimum absolute atomic E-state index is 0.127. The van der Waals surface area contributed by atoms with Crippen LogP contribution in [0.3, 0.4) is 0 Å². The van der Waals surface area contributed by atoms with Gasteiger partial charge < -0.3 is 10.6 Å². The van der Waals surface area contributed by atoms with E-state index in [1.54, 1.807) is 0 Å². The maximum absolute atomic E-state index is 11.6. The van der Waals surface area contributed by atoms with Gasteiger partial charge in [0.2, 0.25) is 5.91 Å². The summed E-state index contributed by atoms with van der Waals surface area (Å²) in [6.45, 7) is 8.57. The number of nitrogens with two attached hydrogens (primary N) is 1. The van der Waals surface area contributed by atoms with Gasteiger partial charge >= 0.3 is 0 Å². The van der Waals surface area contributed by atoms with Gasteiger partial charge in [-0.05, 0) is 33.3 Å². The van der Waals surface area contributed by atoms with E-state index in [0.717, 1.165) is 11.3 Å². The van der Waals surface area contributed by atoms with E-state index in [9.17, 15) is 4.79 Å². The zero-order valence-electron chi connectivity index (χ0n) is 8.85. The summed E-state index contributed by atoms with van der Waals surface area (Å²) in [7, 11) is 0. The summed E-state index contributed by atoms with van der Waals surface area (Å²) in [6.07, 6.45) is 0.500. The minimum Gasteiger partial charge on any atom is -0.327 e. The van der Waals surface area contributed by atoms with Crippen LogP contribution in [0.2, 0.25) is 0 Å². The highest BCUT2D eigenvalue weighted by Crippen LogP contribution is 2.30. The van der Waals surface area contributed by atoms with E-state index in [0.29, 0.717) is 13.0 Å². The molecule has 0 aromatic rings. The SMILES string of the molecule is CC1=C(CN)CC(=O)N1C(C)(C)C. The molecule has 3 nitrogen and oxygen atoms in total. The van der Waals surface area contributed by atoms with Crippen LogP contribution in [0.4, 0.5) is 0 Å². The summed E-state index contributed by atoms with van der Waals surface area (Å²) in [6, 6.07) is 0. The Morgan fingerprint density at radius 3 is 2.23 bits per heavy atom. The Kier molecular flexibility index (Phi) is 2.48. The molecule has 1 rings (SSSR count). The Hall–Kier alpha value is -0.830. The normalized spacial score (nSPS) is 18.8. The lowest BCUT2D eigenvalue weighted by molar-refractivity contribution is -0.130. The number of carbonyl (C=O) groups excluding carboxylic acids is 1. The van der Waals surface area contributed by atoms with Crippen molar-refractivity contribution < 1.29 is 4.79 Å². The molecule has 0 aliphatic carbocycles. The first kappa shape index (κ1) is 10.3. The van der Waals surface area contributed by atoms with Gasteiger partial charge in [0.1, 0.15) is 0 Å². The van der Waals surface area contributed by atoms with Crippen molar-refractivity contribution in [3.63, 3.8) is 0 Å². The molecule has 0 aromatic heterocycles. The summed E-state index contributed by atoms with van der Waals surface area (Å²) in [5, 5.41) is 0. The molecule has 1 aliphatic rings. The van der Waals surface area contributed by atoms with Crippen LogP contribution in [0, 0.1) is 0 Å². The lowest BCUT2D eigenvalue weighted by Crippen LogP contribution is -2.41. The van der Waals surface area contributed by atoms with Crippen molar-refractivity contribution in [2.24, 2.45) is 5.73 Å². The molecule has 13 heavy (non-hydrogen) atoms. The number of carbonyl (C=O) groups is 1. The Morgan fingerprint density at radius 2 is 2.00 bits per heavy atom. The lowest BCUT2D eigenvalue weighted by Gasteiger charge is -2.33. The molecule has 1 amide bonds. The van der Waals surface area contributed by atoms with Gasteiger partial charge in [-0.25, -0.2) is 0 Å². The smallest absolute Gasteiger partial charge is 0.231 e. The molecule has 0 unspecified atom stereocenters. The van der Waals surface area contributed by atoms with E-state index < -0.39 is 0 Å². The highest BCUT2D eigenvalue weighted by molar-refractivity contribution is 5.85. The van der Waals surface area contributed by atoms with E-state index >= 15 is 0 Å². The number of rotatable bonds is 1. The van der Waals surface area contributed by atoms with Crippen LogP contribution < -0.4 is 5.73 Å². The van der Waals surface area contributed by atoms with Crippen molar-refractivity contribution >= 4 is 5.91 Å². The first-order valence-corrected chi connectivity index (χ1v) is 4.59. The van der Waals surface area contributed by atoms with Gasteiger partial charge in [-0.1, -0.05) is 0 Å². The van der Waals surface area contributed by atoms with Crippen LogP contribution in [-0.4, -0.2) is 22.9 Å². The number of amides is 1. The molecule has 0 spiro atoms. The summed E-state index contributed by atoms with van der Waals surface area (Å²) in [5.41, 5.74) is 7.54. The van der Waals surface area contributed by atoms with E-state index in [-0.39, 0.29) is 11.4 Å². The number of hydrogen-bond donors (Lipinski definition) is 1. The standard InChI is InChI=1S/C10H18N2O/c1-7-8(6-11)5-9(13)12(7)10(2,3)4/h5-6,11H2,1-4H3. The van der Waals surface area contributed by atoms with Gasteiger partial charge in [0.05, 0.1) is 6.42 Å². The third-order valence-electron chi connectivity index (χ3n) is 2.38. The molecule has 3 heteroatoms. The number of hydrogen-bond acceptors (Lipinski definition) is 2. The number of nitrogens with zero attached hydrogens (tertiary/aromatic N) is 1. The van der Waals surface area contributed by atoms with Crippen molar-refractivity contribution in [1.82, 2.24) is 4.90 Å². The summed E-state index contributed by atoms with van der Waals surface area (Å²) < 4.78 is 0. The van der Waals surface area contributed by atoms with Gasteiger partial charge in [0.25, 0.3) is 0 Å². The molecule has 0 saturated carbocycles. The van der Waals surface area contributed by atoms with Crippen LogP contribution in [0.25, 0.3) is 0 Å². The van der Waals surface area contributed by atoms with Gasteiger partial charge in [-0.3, -0.25) is 4.79 Å². The maximum Gasteiger partial charge on any atom is 0.231 e. The second kappa shape index (κ2) is 3.14. The van der Waals surface area contributed by atoms with Gasteiger partial charge in [0.15, 0.2) is 0 Å². The van der Waals surface area contributed by atoms with Crippen molar-refractivity contribution in [2.45, 2.75) is 39.7 Å². The van der Waals surface area contributed by atoms with Crippen molar-refractivity contribution in [3.05, 3.63) is 11.3 Å². The Balaban J connectivity index is 2.99. The molecular weight excluding hydrogens is 164 g/mol. The fraction of sp³-hybridized carbons (Fsp3) is 0.700. The van der Waals surface area contributed by atoms with Crippen molar-refractivity contribution in [2.75, 3.05) is 6.54 Å². The summed E-state index contributed by atoms with van der Waals surface area (Å²) >= 11 is 0. The van der Waals surface area contributed by atoms with Crippen LogP contribution >= 0.6 is 0 Å². The van der Waals surface area contributed by atoms with Crippen LogP contribution in [0.5, 0.6) is 0 Å². The molecule has 0 fully saturated rings. The fourth-order valence-electron chi connectivity index (χ4n) is 1.83. The third-order valence-corrected chi connectivity index (χ3v) is 2.38. The van der Waals surface area contributed by atoms with Crippen LogP contribution in [0.1, 0.15) is 34.1 Å². The highest BCUT2D eigenvalue weighted by atomic mass is 16.2. The third kappa shape index (κ3) is 1.75. The average Bonchev–Trinajstić information content (AvgIpc) is 2.24. The largest absolute Gasteiger partial charge is 0.327 e. The second-order valence-electron chi connectivity index (χ2n) is 4.47. The molecule has 0 atom stereocenters. The highest BCUT2D eigenvalue weighted by Gasteiger charge is 2.34. The Labute approximate surface area is 79.6 Å². The molecule has 1 aliphatic heterocycles. The molecular formula is C10H18N2O. The Morgan fingerprint density at radius 1 is 1.46 bits per heavy atom. The predicted molar refractivity (Wildman–Crippen MR) is 53.0 cm³/mol. The molecule has 2 N–H and O–H groups in total. The van der Waals surface area contributed by atoms with Gasteiger partial charge in [-0.15, -0.1) is 0 Å². The predicted octanol–water partition coefficient (Wildman–Crippen LogP) is 1.25. The van der Waals surface area contributed by atoms with E-state index in [4.69, 9.17) is 5.73 Å². The number of allylic oxidation sites excluding steroid dienone is 1. The van der Waals surface area contributed by atoms with E-state index in [1.165, 1.54) is 0 Å². The summed E-state index contributed by atoms with van der Waals surface area (Å²) in [5.74, 6) is 0.172. The van der Waals surface area contributed by atoms with Crippen LogP contribution in [-0.2, 0) is 4.79 Å². The zero-order chi connectivity index (χ0) is 10.2. The summed E-state index contributed by atoms with van der Waals surface area (Å²) in [4.78, 5) is 13.5. The van der Waals surface area contributed by atoms with Gasteiger partial charge in [-0.2, -0.15) is 0 Å². The van der Waals surface area contributed by atoms with E-state index in [2.05, 4.69) is 0 Å². The molecule has 74 valence electrons. The topological polar surface area (TPSA) is 46.3 Å². The molecule has 1 heterocycles. The quantitative estimate of drug-likeness (QED) is 0.663. The zero-order valence-corrected chi connectivity index (χ0v) is 8.85. The van der Waals surface area contributed by atoms with Crippen molar-refractivity contribution in [1.29, 1.82) is 0 Å². The first-order chi connectivity index (χ1) is 5.88. The van der Waals surface area contributed by atoms with Crippen LogP contribution in [0.15, 0.2) is 11.3 Å². The first-order valence-electron chi connectivity index (χ1n) is 4.59. The monoisotopic (exact) mass is 182 g/mol. The minimum atomic E-state index is -0.127. The fourth-order valence-corrected chi connectivity index (χ4v) is 1.83.